The molecule has 0 aliphatic rings. The van der Waals surface area contributed by atoms with Gasteiger partial charge in [0.2, 0.25) is 0 Å². The Labute approximate surface area is 88.5 Å². The van der Waals surface area contributed by atoms with E-state index >= 15 is 0 Å². The van der Waals surface area contributed by atoms with Gasteiger partial charge in [-0.1, -0.05) is 34.8 Å². The minimum absolute atomic E-state index is 0.0406. The fourth-order valence-corrected chi connectivity index (χ4v) is 1.06. The monoisotopic (exact) mass is 247 g/mol. The summed E-state index contributed by atoms with van der Waals surface area (Å²) in [5.41, 5.74) is -0.302. The Kier molecular flexibility index (Phi) is 5.74. The van der Waals surface area contributed by atoms with Gasteiger partial charge in [0, 0.05) is 6.08 Å². The van der Waals surface area contributed by atoms with Crippen molar-refractivity contribution in [1.29, 1.82) is 0 Å². The van der Waals surface area contributed by atoms with Gasteiger partial charge in [-0.2, -0.15) is 0 Å². The van der Waals surface area contributed by atoms with Gasteiger partial charge >= 0.3 is 0 Å². The quantitative estimate of drug-likeness (QED) is 0.437. The summed E-state index contributed by atoms with van der Waals surface area (Å²) in [5.74, 6) is 0. The highest BCUT2D eigenvalue weighted by molar-refractivity contribution is 8.03. The number of hydrogen-bond donors (Lipinski definition) is 0. The Morgan fingerprint density at radius 1 is 1.50 bits per heavy atom. The molecule has 3 nitrogen and oxygen atoms in total. The lowest BCUT2D eigenvalue weighted by atomic mass is 10.5. The van der Waals surface area contributed by atoms with Gasteiger partial charge in [0.05, 0.1) is 4.92 Å². The largest absolute Gasteiger partial charge is 0.296 e. The molecule has 0 heterocycles. The summed E-state index contributed by atoms with van der Waals surface area (Å²) >= 11 is 17.0. The molecule has 0 saturated heterocycles. The maximum Gasteiger partial charge on any atom is 0.296 e. The number of nitro groups is 1. The third-order valence-corrected chi connectivity index (χ3v) is 2.27. The molecule has 0 radical (unpaired) electrons. The second kappa shape index (κ2) is 5.70. The molecular formula is C5H4Cl3NO2S. The lowest BCUT2D eigenvalue weighted by Gasteiger charge is -1.93. The van der Waals surface area contributed by atoms with Crippen molar-refractivity contribution in [3.8, 4) is 0 Å². The van der Waals surface area contributed by atoms with Crippen LogP contribution in [0.4, 0.5) is 0 Å². The first-order chi connectivity index (χ1) is 5.49. The molecule has 0 aromatic carbocycles. The second-order valence-electron chi connectivity index (χ2n) is 1.55. The lowest BCUT2D eigenvalue weighted by molar-refractivity contribution is -0.419. The average Bonchev–Trinajstić information content (AvgIpc) is 1.98. The first-order valence-corrected chi connectivity index (χ1v) is 4.95. The Bertz CT molecular complexity index is 247. The summed E-state index contributed by atoms with van der Waals surface area (Å²) in [4.78, 5) is 9.67. The molecule has 0 aromatic heterocycles. The molecule has 0 bridgehead atoms. The molecule has 0 N–H and O–H groups in total. The van der Waals surface area contributed by atoms with E-state index in [0.717, 1.165) is 17.8 Å². The summed E-state index contributed by atoms with van der Waals surface area (Å²) in [6.45, 7) is 0. The predicted octanol–water partition coefficient (Wildman–Crippen LogP) is 3.35. The smallest absolute Gasteiger partial charge is 0.258 e. The molecule has 68 valence electrons. The van der Waals surface area contributed by atoms with Gasteiger partial charge in [-0.3, -0.25) is 10.1 Å². The van der Waals surface area contributed by atoms with Crippen molar-refractivity contribution in [2.45, 2.75) is 0 Å². The zero-order valence-corrected chi connectivity index (χ0v) is 8.97. The Morgan fingerprint density at radius 3 is 2.25 bits per heavy atom. The maximum atomic E-state index is 10.3. The van der Waals surface area contributed by atoms with Crippen molar-refractivity contribution >= 4 is 46.6 Å². The van der Waals surface area contributed by atoms with Crippen LogP contribution in [0.25, 0.3) is 0 Å². The summed E-state index contributed by atoms with van der Waals surface area (Å²) in [6, 6.07) is 0. The fraction of sp³-hybridized carbons (Fsp3) is 0.200. The zero-order chi connectivity index (χ0) is 9.72. The Morgan fingerprint density at radius 2 is 2.00 bits per heavy atom. The molecular weight excluding hydrogens is 244 g/mol. The molecule has 0 aliphatic heterocycles. The molecule has 0 amide bonds. The molecule has 0 atom stereocenters. The number of thioether (sulfide) groups is 1. The molecule has 0 spiro atoms. The van der Waals surface area contributed by atoms with E-state index in [-0.39, 0.29) is 14.6 Å². The van der Waals surface area contributed by atoms with Gasteiger partial charge in [-0.05, 0) is 6.26 Å². The van der Waals surface area contributed by atoms with Crippen LogP contribution in [0.3, 0.4) is 0 Å². The normalized spacial score (nSPS) is 12.0. The van der Waals surface area contributed by atoms with Gasteiger partial charge in [0.25, 0.3) is 5.70 Å². The SMILES string of the molecule is CS/C(Cl)=C(/C=C(Cl)Cl)[N+](=O)[O-]. The number of rotatable bonds is 3. The molecule has 0 unspecified atom stereocenters. The van der Waals surface area contributed by atoms with Crippen LogP contribution >= 0.6 is 46.6 Å². The summed E-state index contributed by atoms with van der Waals surface area (Å²) < 4.78 is -0.160. The third kappa shape index (κ3) is 4.21. The van der Waals surface area contributed by atoms with E-state index in [1.165, 1.54) is 0 Å². The van der Waals surface area contributed by atoms with E-state index in [0.29, 0.717) is 0 Å². The van der Waals surface area contributed by atoms with E-state index in [1.807, 2.05) is 0 Å². The average molecular weight is 249 g/mol. The summed E-state index contributed by atoms with van der Waals surface area (Å²) in [5, 5.41) is 10.3. The van der Waals surface area contributed by atoms with E-state index in [4.69, 9.17) is 34.8 Å². The van der Waals surface area contributed by atoms with E-state index in [9.17, 15) is 10.1 Å². The van der Waals surface area contributed by atoms with Gasteiger partial charge in [-0.15, -0.1) is 11.8 Å². The number of nitrogens with zero attached hydrogens (tertiary/aromatic N) is 1. The minimum atomic E-state index is -0.649. The van der Waals surface area contributed by atoms with Crippen LogP contribution in [0.1, 0.15) is 0 Å². The third-order valence-electron chi connectivity index (χ3n) is 0.823. The maximum absolute atomic E-state index is 10.3. The number of halogens is 3. The molecule has 0 rings (SSSR count). The van der Waals surface area contributed by atoms with Crippen molar-refractivity contribution < 1.29 is 4.92 Å². The summed E-state index contributed by atoms with van der Waals surface area (Å²) in [7, 11) is 0. The standard InChI is InChI=1S/C5H4Cl3NO2S/c1-12-5(8)3(9(10)11)2-4(6)7/h2H,1H3/b5-3-. The molecule has 0 fully saturated rings. The topological polar surface area (TPSA) is 43.1 Å². The molecule has 0 saturated carbocycles. The molecule has 0 aliphatic carbocycles. The summed E-state index contributed by atoms with van der Waals surface area (Å²) in [6.07, 6.45) is 2.60. The highest BCUT2D eigenvalue weighted by Gasteiger charge is 2.13. The second-order valence-corrected chi connectivity index (χ2v) is 3.98. The van der Waals surface area contributed by atoms with Crippen LogP contribution in [-0.2, 0) is 0 Å². The van der Waals surface area contributed by atoms with E-state index in [2.05, 4.69) is 0 Å². The van der Waals surface area contributed by atoms with Crippen LogP contribution in [0.2, 0.25) is 0 Å². The van der Waals surface area contributed by atoms with E-state index < -0.39 is 4.92 Å². The molecule has 0 aromatic rings. The molecule has 7 heteroatoms. The van der Waals surface area contributed by atoms with Crippen LogP contribution in [0.15, 0.2) is 20.6 Å². The highest BCUT2D eigenvalue weighted by atomic mass is 35.5. The van der Waals surface area contributed by atoms with Gasteiger partial charge in [-0.25, -0.2) is 0 Å². The zero-order valence-electron chi connectivity index (χ0n) is 5.88. The lowest BCUT2D eigenvalue weighted by Crippen LogP contribution is -1.96. The van der Waals surface area contributed by atoms with Crippen LogP contribution < -0.4 is 0 Å². The fourth-order valence-electron chi connectivity index (χ4n) is 0.389. The Balaban J connectivity index is 4.93. The van der Waals surface area contributed by atoms with Crippen LogP contribution in [0.5, 0.6) is 0 Å². The number of hydrogen-bond acceptors (Lipinski definition) is 3. The van der Waals surface area contributed by atoms with Crippen molar-refractivity contribution in [1.82, 2.24) is 0 Å². The highest BCUT2D eigenvalue weighted by Crippen LogP contribution is 2.24. The van der Waals surface area contributed by atoms with E-state index in [1.54, 1.807) is 6.26 Å². The first-order valence-electron chi connectivity index (χ1n) is 2.60. The van der Waals surface area contributed by atoms with Crippen LogP contribution in [-0.4, -0.2) is 11.2 Å². The van der Waals surface area contributed by atoms with Gasteiger partial charge in [0.1, 0.15) is 4.49 Å². The minimum Gasteiger partial charge on any atom is -0.258 e. The molecule has 12 heavy (non-hydrogen) atoms. The van der Waals surface area contributed by atoms with Crippen molar-refractivity contribution in [2.75, 3.05) is 6.26 Å². The first kappa shape index (κ1) is 12.1. The van der Waals surface area contributed by atoms with Crippen molar-refractivity contribution in [3.05, 3.63) is 30.7 Å². The van der Waals surface area contributed by atoms with Crippen LogP contribution in [0, 0.1) is 10.1 Å². The van der Waals surface area contributed by atoms with Crippen molar-refractivity contribution in [3.63, 3.8) is 0 Å². The van der Waals surface area contributed by atoms with Gasteiger partial charge in [0.15, 0.2) is 4.36 Å². The Hall–Kier alpha value is 0.1000. The number of allylic oxidation sites excluding steroid dienone is 1. The van der Waals surface area contributed by atoms with Gasteiger partial charge < -0.3 is 0 Å². The predicted molar refractivity (Wildman–Crippen MR) is 53.2 cm³/mol. The van der Waals surface area contributed by atoms with Crippen molar-refractivity contribution in [2.24, 2.45) is 0 Å².